The fraction of sp³-hybridized carbons (Fsp3) is 0.250. The molecule has 0 aromatic heterocycles. The molecule has 2 rings (SSSR count). The van der Waals surface area contributed by atoms with Crippen LogP contribution in [0, 0.1) is 5.92 Å². The number of hydrogen-bond donors (Lipinski definition) is 3. The highest BCUT2D eigenvalue weighted by atomic mass is 79.9. The van der Waals surface area contributed by atoms with E-state index in [1.807, 2.05) is 0 Å². The zero-order valence-corrected chi connectivity index (χ0v) is 11.4. The third-order valence-electron chi connectivity index (χ3n) is 2.76. The van der Waals surface area contributed by atoms with Crippen LogP contribution in [0.3, 0.4) is 0 Å². The second kappa shape index (κ2) is 5.40. The summed E-state index contributed by atoms with van der Waals surface area (Å²) in [5.41, 5.74) is 0.460. The van der Waals surface area contributed by atoms with Crippen molar-refractivity contribution in [2.24, 2.45) is 5.92 Å². The van der Waals surface area contributed by atoms with E-state index in [2.05, 4.69) is 26.6 Å². The number of carbonyl (C=O) groups excluding carboxylic acids is 2. The number of anilines is 1. The minimum Gasteiger partial charge on any atom is -0.478 e. The largest absolute Gasteiger partial charge is 0.478 e. The summed E-state index contributed by atoms with van der Waals surface area (Å²) < 4.78 is 0.559. The molecule has 1 aromatic carbocycles. The molecular formula is C12H11BrN2O4. The van der Waals surface area contributed by atoms with Gasteiger partial charge in [0.1, 0.15) is 0 Å². The summed E-state index contributed by atoms with van der Waals surface area (Å²) in [6.45, 7) is 0.310. The zero-order chi connectivity index (χ0) is 14.0. The van der Waals surface area contributed by atoms with Gasteiger partial charge in [0.2, 0.25) is 11.8 Å². The molecule has 0 aliphatic carbocycles. The number of carbonyl (C=O) groups is 3. The Bertz CT molecular complexity index is 559. The van der Waals surface area contributed by atoms with Crippen molar-refractivity contribution in [3.05, 3.63) is 28.2 Å². The number of nitrogens with one attached hydrogen (secondary N) is 2. The fourth-order valence-corrected chi connectivity index (χ4v) is 2.31. The Kier molecular flexibility index (Phi) is 3.84. The Labute approximate surface area is 117 Å². The molecule has 1 unspecified atom stereocenters. The maximum absolute atomic E-state index is 11.9. The lowest BCUT2D eigenvalue weighted by Gasteiger charge is -2.10. The molecule has 1 heterocycles. The number of carboxylic acid groups (broad SMARTS) is 1. The molecule has 1 fully saturated rings. The van der Waals surface area contributed by atoms with E-state index >= 15 is 0 Å². The second-order valence-corrected chi connectivity index (χ2v) is 5.14. The minimum atomic E-state index is -1.07. The molecule has 1 aliphatic rings. The molecule has 7 heteroatoms. The quantitative estimate of drug-likeness (QED) is 0.778. The van der Waals surface area contributed by atoms with E-state index in [1.54, 1.807) is 6.07 Å². The molecular weight excluding hydrogens is 316 g/mol. The van der Waals surface area contributed by atoms with Gasteiger partial charge in [-0.05, 0) is 18.2 Å². The molecule has 19 heavy (non-hydrogen) atoms. The third-order valence-corrected chi connectivity index (χ3v) is 3.22. The topological polar surface area (TPSA) is 95.5 Å². The Morgan fingerprint density at radius 2 is 2.11 bits per heavy atom. The van der Waals surface area contributed by atoms with Crippen LogP contribution in [-0.4, -0.2) is 29.4 Å². The Morgan fingerprint density at radius 1 is 1.37 bits per heavy atom. The van der Waals surface area contributed by atoms with Gasteiger partial charge in [0, 0.05) is 23.1 Å². The molecule has 1 saturated heterocycles. The van der Waals surface area contributed by atoms with Gasteiger partial charge in [-0.1, -0.05) is 15.9 Å². The van der Waals surface area contributed by atoms with Crippen LogP contribution in [0.1, 0.15) is 16.8 Å². The standard InChI is InChI=1S/C12H11BrN2O4/c13-8-1-6(12(18)19)2-9(4-8)15-11(17)7-3-10(16)14-5-7/h1-2,4,7H,3,5H2,(H,14,16)(H,15,17)(H,18,19). The molecule has 1 aromatic rings. The van der Waals surface area contributed by atoms with Crippen molar-refractivity contribution in [1.29, 1.82) is 0 Å². The van der Waals surface area contributed by atoms with E-state index in [1.165, 1.54) is 12.1 Å². The Morgan fingerprint density at radius 3 is 2.68 bits per heavy atom. The summed E-state index contributed by atoms with van der Waals surface area (Å²) in [5.74, 6) is -1.94. The first-order chi connectivity index (χ1) is 8.95. The second-order valence-electron chi connectivity index (χ2n) is 4.23. The van der Waals surface area contributed by atoms with Crippen molar-refractivity contribution in [3.63, 3.8) is 0 Å². The number of benzene rings is 1. The van der Waals surface area contributed by atoms with Crippen LogP contribution in [0.15, 0.2) is 22.7 Å². The van der Waals surface area contributed by atoms with Crippen LogP contribution in [0.4, 0.5) is 5.69 Å². The summed E-state index contributed by atoms with van der Waals surface area (Å²) >= 11 is 3.18. The number of aromatic carboxylic acids is 1. The normalized spacial score (nSPS) is 17.9. The Balaban J connectivity index is 2.12. The van der Waals surface area contributed by atoms with Gasteiger partial charge in [-0.3, -0.25) is 9.59 Å². The molecule has 0 saturated carbocycles. The monoisotopic (exact) mass is 326 g/mol. The SMILES string of the molecule is O=C1CC(C(=O)Nc2cc(Br)cc(C(=O)O)c2)CN1. The third kappa shape index (κ3) is 3.31. The number of halogens is 1. The molecule has 1 aliphatic heterocycles. The van der Waals surface area contributed by atoms with Crippen molar-refractivity contribution >= 4 is 39.4 Å². The van der Waals surface area contributed by atoms with Crippen LogP contribution in [-0.2, 0) is 9.59 Å². The molecule has 0 bridgehead atoms. The lowest BCUT2D eigenvalue weighted by Crippen LogP contribution is -2.24. The van der Waals surface area contributed by atoms with E-state index in [9.17, 15) is 14.4 Å². The van der Waals surface area contributed by atoms with Crippen molar-refractivity contribution in [1.82, 2.24) is 5.32 Å². The zero-order valence-electron chi connectivity index (χ0n) is 9.77. The summed E-state index contributed by atoms with van der Waals surface area (Å²) in [6.07, 6.45) is 0.158. The van der Waals surface area contributed by atoms with Crippen molar-refractivity contribution in [2.45, 2.75) is 6.42 Å². The first-order valence-corrected chi connectivity index (χ1v) is 6.36. The molecule has 1 atom stereocenters. The highest BCUT2D eigenvalue weighted by Crippen LogP contribution is 2.21. The number of hydrogen-bond acceptors (Lipinski definition) is 3. The number of rotatable bonds is 3. The predicted octanol–water partition coefficient (Wildman–Crippen LogP) is 1.22. The molecule has 0 radical (unpaired) electrons. The fourth-order valence-electron chi connectivity index (χ4n) is 1.82. The van der Waals surface area contributed by atoms with Gasteiger partial charge in [0.05, 0.1) is 11.5 Å². The molecule has 6 nitrogen and oxygen atoms in total. The molecule has 0 spiro atoms. The van der Waals surface area contributed by atoms with E-state index < -0.39 is 11.9 Å². The molecule has 100 valence electrons. The smallest absolute Gasteiger partial charge is 0.335 e. The predicted molar refractivity (Wildman–Crippen MR) is 70.8 cm³/mol. The average molecular weight is 327 g/mol. The van der Waals surface area contributed by atoms with Crippen molar-refractivity contribution < 1.29 is 19.5 Å². The minimum absolute atomic E-state index is 0.0744. The first kappa shape index (κ1) is 13.5. The average Bonchev–Trinajstić information content (AvgIpc) is 2.75. The van der Waals surface area contributed by atoms with Gasteiger partial charge in [-0.15, -0.1) is 0 Å². The summed E-state index contributed by atoms with van der Waals surface area (Å²) in [7, 11) is 0. The van der Waals surface area contributed by atoms with Gasteiger partial charge in [-0.25, -0.2) is 4.79 Å². The molecule has 2 amide bonds. The lowest BCUT2D eigenvalue weighted by atomic mass is 10.1. The van der Waals surface area contributed by atoms with Crippen LogP contribution >= 0.6 is 15.9 Å². The molecule has 3 N–H and O–H groups in total. The van der Waals surface area contributed by atoms with Crippen LogP contribution in [0.5, 0.6) is 0 Å². The van der Waals surface area contributed by atoms with Crippen LogP contribution in [0.25, 0.3) is 0 Å². The lowest BCUT2D eigenvalue weighted by molar-refractivity contribution is -0.123. The van der Waals surface area contributed by atoms with Gasteiger partial charge >= 0.3 is 5.97 Å². The Hall–Kier alpha value is -1.89. The number of carboxylic acids is 1. The summed E-state index contributed by atoms with van der Waals surface area (Å²) in [5, 5.41) is 14.1. The van der Waals surface area contributed by atoms with E-state index in [0.717, 1.165) is 0 Å². The van der Waals surface area contributed by atoms with Crippen LogP contribution < -0.4 is 10.6 Å². The van der Waals surface area contributed by atoms with E-state index in [0.29, 0.717) is 16.7 Å². The van der Waals surface area contributed by atoms with E-state index in [-0.39, 0.29) is 23.8 Å². The van der Waals surface area contributed by atoms with Gasteiger partial charge in [0.15, 0.2) is 0 Å². The van der Waals surface area contributed by atoms with Gasteiger partial charge in [-0.2, -0.15) is 0 Å². The first-order valence-electron chi connectivity index (χ1n) is 5.57. The summed E-state index contributed by atoms with van der Waals surface area (Å²) in [4.78, 5) is 33.8. The van der Waals surface area contributed by atoms with Gasteiger partial charge in [0.25, 0.3) is 0 Å². The highest BCUT2D eigenvalue weighted by Gasteiger charge is 2.28. The summed E-state index contributed by atoms with van der Waals surface area (Å²) in [6, 6.07) is 4.42. The maximum Gasteiger partial charge on any atom is 0.335 e. The van der Waals surface area contributed by atoms with Crippen LogP contribution in [0.2, 0.25) is 0 Å². The number of amides is 2. The van der Waals surface area contributed by atoms with E-state index in [4.69, 9.17) is 5.11 Å². The maximum atomic E-state index is 11.9. The van der Waals surface area contributed by atoms with Crippen molar-refractivity contribution in [2.75, 3.05) is 11.9 Å². The van der Waals surface area contributed by atoms with Gasteiger partial charge < -0.3 is 15.7 Å². The van der Waals surface area contributed by atoms with Crippen molar-refractivity contribution in [3.8, 4) is 0 Å². The highest BCUT2D eigenvalue weighted by molar-refractivity contribution is 9.10.